The second kappa shape index (κ2) is 9.91. The largest absolute Gasteiger partial charge is 0.495 e. The van der Waals surface area contributed by atoms with Gasteiger partial charge in [0, 0.05) is 12.8 Å². The molecule has 1 heterocycles. The van der Waals surface area contributed by atoms with E-state index in [0.717, 1.165) is 31.3 Å². The average molecular weight is 490 g/mol. The lowest BCUT2D eigenvalue weighted by molar-refractivity contribution is -0.129. The second-order valence-corrected chi connectivity index (χ2v) is 8.81. The zero-order chi connectivity index (χ0) is 25.0. The number of carbonyl (C=O) groups is 4. The van der Waals surface area contributed by atoms with Crippen LogP contribution in [-0.4, -0.2) is 53.5 Å². The van der Waals surface area contributed by atoms with Gasteiger partial charge in [-0.25, -0.2) is 18.0 Å². The number of nitrogens with one attached hydrogen (secondary N) is 1. The molecule has 0 saturated carbocycles. The molecule has 1 N–H and O–H groups in total. The first kappa shape index (κ1) is 24.7. The van der Waals surface area contributed by atoms with Crippen LogP contribution in [0.1, 0.15) is 40.0 Å². The van der Waals surface area contributed by atoms with Crippen molar-refractivity contribution < 1.29 is 41.8 Å². The van der Waals surface area contributed by atoms with E-state index in [1.807, 2.05) is 0 Å². The number of piperidine rings is 1. The standard InChI is InChI=1S/C22H22N2O9S/c1-31-17-10-8-14(24-19(25)5-4-6-20(24)26)12-18(17)34(29,30)23-16-11-13(21(27)32-2)7-9-15(16)22(28)33-3/h7-12,23H,4-6H2,1-3H3. The lowest BCUT2D eigenvalue weighted by atomic mass is 10.1. The van der Waals surface area contributed by atoms with Gasteiger partial charge in [-0.3, -0.25) is 19.2 Å². The number of carbonyl (C=O) groups excluding carboxylic acids is 4. The van der Waals surface area contributed by atoms with Crippen molar-refractivity contribution in [1.82, 2.24) is 0 Å². The molecule has 0 spiro atoms. The number of sulfonamides is 1. The van der Waals surface area contributed by atoms with E-state index in [-0.39, 0.29) is 41.1 Å². The molecule has 2 amide bonds. The van der Waals surface area contributed by atoms with Gasteiger partial charge in [-0.15, -0.1) is 0 Å². The summed E-state index contributed by atoms with van der Waals surface area (Å²) in [5, 5.41) is 0. The molecule has 34 heavy (non-hydrogen) atoms. The van der Waals surface area contributed by atoms with E-state index in [4.69, 9.17) is 9.47 Å². The smallest absolute Gasteiger partial charge is 0.339 e. The normalized spacial score (nSPS) is 13.9. The Bertz CT molecular complexity index is 1260. The minimum absolute atomic E-state index is 0.0157. The van der Waals surface area contributed by atoms with Crippen LogP contribution in [0.25, 0.3) is 0 Å². The molecule has 1 saturated heterocycles. The first-order valence-corrected chi connectivity index (χ1v) is 11.5. The van der Waals surface area contributed by atoms with E-state index in [2.05, 4.69) is 9.46 Å². The highest BCUT2D eigenvalue weighted by Crippen LogP contribution is 2.33. The maximum absolute atomic E-state index is 13.3. The molecule has 12 heteroatoms. The van der Waals surface area contributed by atoms with Crippen LogP contribution in [0, 0.1) is 0 Å². The third-order valence-corrected chi connectivity index (χ3v) is 6.45. The molecule has 3 rings (SSSR count). The molecule has 1 aliphatic rings. The van der Waals surface area contributed by atoms with Gasteiger partial charge in [0.1, 0.15) is 10.6 Å². The van der Waals surface area contributed by atoms with Crippen molar-refractivity contribution in [2.24, 2.45) is 0 Å². The fourth-order valence-corrected chi connectivity index (χ4v) is 4.68. The lowest BCUT2D eigenvalue weighted by Gasteiger charge is -2.25. The van der Waals surface area contributed by atoms with Crippen molar-refractivity contribution in [3.8, 4) is 5.75 Å². The van der Waals surface area contributed by atoms with Crippen molar-refractivity contribution >= 4 is 45.2 Å². The van der Waals surface area contributed by atoms with Crippen molar-refractivity contribution in [1.29, 1.82) is 0 Å². The summed E-state index contributed by atoms with van der Waals surface area (Å²) in [4.78, 5) is 49.3. The van der Waals surface area contributed by atoms with Crippen LogP contribution in [0.3, 0.4) is 0 Å². The third-order valence-electron chi connectivity index (χ3n) is 5.07. The number of anilines is 2. The molecule has 0 aromatic heterocycles. The van der Waals surface area contributed by atoms with Gasteiger partial charge >= 0.3 is 11.9 Å². The topological polar surface area (TPSA) is 145 Å². The van der Waals surface area contributed by atoms with E-state index in [1.165, 1.54) is 31.4 Å². The van der Waals surface area contributed by atoms with Crippen LogP contribution in [0.15, 0.2) is 41.3 Å². The number of ether oxygens (including phenoxy) is 3. The SMILES string of the molecule is COC(=O)c1ccc(C(=O)OC)c(NS(=O)(=O)c2cc(N3C(=O)CCCC3=O)ccc2OC)c1. The zero-order valence-electron chi connectivity index (χ0n) is 18.6. The Hall–Kier alpha value is -3.93. The van der Waals surface area contributed by atoms with Gasteiger partial charge in [0.2, 0.25) is 11.8 Å². The number of nitrogens with zero attached hydrogens (tertiary/aromatic N) is 1. The summed E-state index contributed by atoms with van der Waals surface area (Å²) in [6.45, 7) is 0. The van der Waals surface area contributed by atoms with E-state index in [1.54, 1.807) is 0 Å². The fourth-order valence-electron chi connectivity index (χ4n) is 3.42. The Morgan fingerprint density at radius 1 is 0.912 bits per heavy atom. The quantitative estimate of drug-likeness (QED) is 0.455. The fraction of sp³-hybridized carbons (Fsp3) is 0.273. The molecule has 2 aromatic carbocycles. The molecule has 0 aliphatic carbocycles. The predicted molar refractivity (Wildman–Crippen MR) is 119 cm³/mol. The molecule has 0 unspecified atom stereocenters. The van der Waals surface area contributed by atoms with Crippen molar-refractivity contribution in [3.05, 3.63) is 47.5 Å². The molecule has 1 aliphatic heterocycles. The number of methoxy groups -OCH3 is 3. The van der Waals surface area contributed by atoms with Gasteiger partial charge in [-0.2, -0.15) is 0 Å². The van der Waals surface area contributed by atoms with E-state index in [9.17, 15) is 27.6 Å². The zero-order valence-corrected chi connectivity index (χ0v) is 19.4. The predicted octanol–water partition coefficient (Wildman–Crippen LogP) is 2.11. The maximum atomic E-state index is 13.3. The van der Waals surface area contributed by atoms with E-state index < -0.39 is 38.7 Å². The summed E-state index contributed by atoms with van der Waals surface area (Å²) in [6, 6.07) is 7.47. The molecule has 1 fully saturated rings. The van der Waals surface area contributed by atoms with E-state index >= 15 is 0 Å². The van der Waals surface area contributed by atoms with Crippen LogP contribution < -0.4 is 14.4 Å². The Kier molecular flexibility index (Phi) is 7.20. The highest BCUT2D eigenvalue weighted by molar-refractivity contribution is 7.92. The van der Waals surface area contributed by atoms with Gasteiger partial charge in [0.05, 0.1) is 43.8 Å². The summed E-state index contributed by atoms with van der Waals surface area (Å²) < 4.78 is 43.5. The van der Waals surface area contributed by atoms with Gasteiger partial charge in [-0.1, -0.05) is 0 Å². The van der Waals surface area contributed by atoms with Gasteiger partial charge in [0.15, 0.2) is 0 Å². The van der Waals surface area contributed by atoms with Gasteiger partial charge < -0.3 is 14.2 Å². The highest BCUT2D eigenvalue weighted by Gasteiger charge is 2.30. The summed E-state index contributed by atoms with van der Waals surface area (Å²) in [5.41, 5.74) is -0.354. The molecule has 0 atom stereocenters. The van der Waals surface area contributed by atoms with Gasteiger partial charge in [-0.05, 0) is 42.8 Å². The number of rotatable bonds is 7. The third kappa shape index (κ3) is 4.86. The second-order valence-electron chi connectivity index (χ2n) is 7.16. The van der Waals surface area contributed by atoms with Crippen LogP contribution >= 0.6 is 0 Å². The average Bonchev–Trinajstić information content (AvgIpc) is 2.82. The van der Waals surface area contributed by atoms with Crippen molar-refractivity contribution in [2.75, 3.05) is 31.0 Å². The van der Waals surface area contributed by atoms with Crippen LogP contribution in [0.4, 0.5) is 11.4 Å². The van der Waals surface area contributed by atoms with Gasteiger partial charge in [0.25, 0.3) is 10.0 Å². The Labute approximate surface area is 195 Å². The lowest BCUT2D eigenvalue weighted by Crippen LogP contribution is -2.40. The molecule has 0 radical (unpaired) electrons. The number of esters is 2. The minimum Gasteiger partial charge on any atom is -0.495 e. The number of hydrogen-bond donors (Lipinski definition) is 1. The molecule has 180 valence electrons. The Morgan fingerprint density at radius 3 is 2.15 bits per heavy atom. The first-order valence-electron chi connectivity index (χ1n) is 10.00. The van der Waals surface area contributed by atoms with Crippen molar-refractivity contribution in [3.63, 3.8) is 0 Å². The number of benzene rings is 2. The van der Waals surface area contributed by atoms with Crippen LogP contribution in [0.2, 0.25) is 0 Å². The molecule has 11 nitrogen and oxygen atoms in total. The molecular weight excluding hydrogens is 468 g/mol. The molecular formula is C22H22N2O9S. The monoisotopic (exact) mass is 490 g/mol. The van der Waals surface area contributed by atoms with Crippen LogP contribution in [-0.2, 0) is 29.1 Å². The highest BCUT2D eigenvalue weighted by atomic mass is 32.2. The Morgan fingerprint density at radius 2 is 1.56 bits per heavy atom. The first-order chi connectivity index (χ1) is 16.1. The molecule has 2 aromatic rings. The number of amides is 2. The summed E-state index contributed by atoms with van der Waals surface area (Å²) in [7, 11) is -0.925. The molecule has 0 bridgehead atoms. The summed E-state index contributed by atoms with van der Waals surface area (Å²) >= 11 is 0. The summed E-state index contributed by atoms with van der Waals surface area (Å²) in [5.74, 6) is -2.57. The Balaban J connectivity index is 2.10. The number of hydrogen-bond acceptors (Lipinski definition) is 9. The van der Waals surface area contributed by atoms with Crippen LogP contribution in [0.5, 0.6) is 5.75 Å². The summed E-state index contributed by atoms with van der Waals surface area (Å²) in [6.07, 6.45) is 0.728. The number of imide groups is 1. The van der Waals surface area contributed by atoms with E-state index in [0.29, 0.717) is 6.42 Å². The van der Waals surface area contributed by atoms with Crippen molar-refractivity contribution in [2.45, 2.75) is 24.2 Å². The minimum atomic E-state index is -4.45. The maximum Gasteiger partial charge on any atom is 0.339 e.